The SMILES string of the molecule is Cn1cc(C(=O)NCc2ccnc(Oc3ccccc3)c2)cn1. The molecular weight excluding hydrogens is 292 g/mol. The van der Waals surface area contributed by atoms with Gasteiger partial charge in [0.05, 0.1) is 11.8 Å². The van der Waals surface area contributed by atoms with Gasteiger partial charge in [-0.05, 0) is 23.8 Å². The van der Waals surface area contributed by atoms with E-state index in [0.717, 1.165) is 11.3 Å². The van der Waals surface area contributed by atoms with Gasteiger partial charge in [-0.1, -0.05) is 18.2 Å². The fourth-order valence-corrected chi connectivity index (χ4v) is 2.05. The van der Waals surface area contributed by atoms with Gasteiger partial charge in [0.25, 0.3) is 5.91 Å². The van der Waals surface area contributed by atoms with Gasteiger partial charge in [-0.25, -0.2) is 4.98 Å². The maximum absolute atomic E-state index is 12.0. The number of amides is 1. The summed E-state index contributed by atoms with van der Waals surface area (Å²) in [5.41, 5.74) is 1.44. The Morgan fingerprint density at radius 1 is 1.26 bits per heavy atom. The van der Waals surface area contributed by atoms with Gasteiger partial charge in [-0.3, -0.25) is 9.48 Å². The summed E-state index contributed by atoms with van der Waals surface area (Å²) in [6, 6.07) is 13.1. The van der Waals surface area contributed by atoms with E-state index in [4.69, 9.17) is 4.74 Å². The van der Waals surface area contributed by atoms with Gasteiger partial charge in [0.15, 0.2) is 0 Å². The third-order valence-corrected chi connectivity index (χ3v) is 3.19. The van der Waals surface area contributed by atoms with E-state index in [1.54, 1.807) is 30.2 Å². The van der Waals surface area contributed by atoms with Gasteiger partial charge < -0.3 is 10.1 Å². The van der Waals surface area contributed by atoms with Crippen LogP contribution < -0.4 is 10.1 Å². The monoisotopic (exact) mass is 308 g/mol. The van der Waals surface area contributed by atoms with Gasteiger partial charge in [0.1, 0.15) is 5.75 Å². The number of para-hydroxylation sites is 1. The van der Waals surface area contributed by atoms with Crippen LogP contribution in [0, 0.1) is 0 Å². The number of aromatic nitrogens is 3. The molecule has 0 saturated carbocycles. The lowest BCUT2D eigenvalue weighted by Crippen LogP contribution is -2.22. The molecule has 0 saturated heterocycles. The number of nitrogens with zero attached hydrogens (tertiary/aromatic N) is 3. The molecule has 0 spiro atoms. The molecule has 6 nitrogen and oxygen atoms in total. The second-order valence-electron chi connectivity index (χ2n) is 5.00. The summed E-state index contributed by atoms with van der Waals surface area (Å²) in [6.07, 6.45) is 4.86. The normalized spacial score (nSPS) is 10.3. The molecule has 0 unspecified atom stereocenters. The minimum atomic E-state index is -0.166. The number of carbonyl (C=O) groups is 1. The lowest BCUT2D eigenvalue weighted by molar-refractivity contribution is 0.0950. The van der Waals surface area contributed by atoms with Crippen molar-refractivity contribution >= 4 is 5.91 Å². The predicted octanol–water partition coefficient (Wildman–Crippen LogP) is 2.54. The summed E-state index contributed by atoms with van der Waals surface area (Å²) < 4.78 is 7.27. The second kappa shape index (κ2) is 6.74. The molecule has 116 valence electrons. The van der Waals surface area contributed by atoms with Crippen molar-refractivity contribution in [2.75, 3.05) is 0 Å². The molecular formula is C17H16N4O2. The third-order valence-electron chi connectivity index (χ3n) is 3.19. The molecule has 1 amide bonds. The van der Waals surface area contributed by atoms with E-state index in [1.807, 2.05) is 36.4 Å². The van der Waals surface area contributed by atoms with Gasteiger partial charge in [-0.2, -0.15) is 5.10 Å². The van der Waals surface area contributed by atoms with E-state index < -0.39 is 0 Å². The highest BCUT2D eigenvalue weighted by atomic mass is 16.5. The highest BCUT2D eigenvalue weighted by Crippen LogP contribution is 2.19. The van der Waals surface area contributed by atoms with E-state index in [0.29, 0.717) is 18.0 Å². The molecule has 6 heteroatoms. The topological polar surface area (TPSA) is 69.0 Å². The summed E-state index contributed by atoms with van der Waals surface area (Å²) in [6.45, 7) is 0.390. The minimum Gasteiger partial charge on any atom is -0.439 e. The first kappa shape index (κ1) is 14.8. The minimum absolute atomic E-state index is 0.166. The van der Waals surface area contributed by atoms with Crippen LogP contribution >= 0.6 is 0 Å². The summed E-state index contributed by atoms with van der Waals surface area (Å²) in [7, 11) is 1.77. The first-order valence-electron chi connectivity index (χ1n) is 7.15. The highest BCUT2D eigenvalue weighted by Gasteiger charge is 2.08. The Hall–Kier alpha value is -3.15. The van der Waals surface area contributed by atoms with Crippen LogP contribution in [-0.2, 0) is 13.6 Å². The van der Waals surface area contributed by atoms with Crippen LogP contribution in [-0.4, -0.2) is 20.7 Å². The van der Waals surface area contributed by atoms with Crippen LogP contribution in [0.3, 0.4) is 0 Å². The summed E-state index contributed by atoms with van der Waals surface area (Å²) in [5, 5.41) is 6.82. The Balaban J connectivity index is 1.62. The van der Waals surface area contributed by atoms with E-state index >= 15 is 0 Å². The number of hydrogen-bond donors (Lipinski definition) is 1. The van der Waals surface area contributed by atoms with Crippen LogP contribution in [0.4, 0.5) is 0 Å². The molecule has 3 rings (SSSR count). The van der Waals surface area contributed by atoms with Gasteiger partial charge in [0, 0.05) is 32.1 Å². The zero-order valence-electron chi connectivity index (χ0n) is 12.6. The fraction of sp³-hybridized carbons (Fsp3) is 0.118. The van der Waals surface area contributed by atoms with Crippen molar-refractivity contribution in [1.29, 1.82) is 0 Å². The first-order chi connectivity index (χ1) is 11.2. The third kappa shape index (κ3) is 3.94. The van der Waals surface area contributed by atoms with Crippen molar-refractivity contribution in [3.05, 3.63) is 72.2 Å². The number of ether oxygens (including phenoxy) is 1. The fourth-order valence-electron chi connectivity index (χ4n) is 2.05. The largest absolute Gasteiger partial charge is 0.439 e. The summed E-state index contributed by atoms with van der Waals surface area (Å²) >= 11 is 0. The van der Waals surface area contributed by atoms with Crippen LogP contribution in [0.1, 0.15) is 15.9 Å². The molecule has 3 aromatic rings. The number of nitrogens with one attached hydrogen (secondary N) is 1. The van der Waals surface area contributed by atoms with Crippen LogP contribution in [0.15, 0.2) is 61.1 Å². The predicted molar refractivity (Wildman–Crippen MR) is 85.1 cm³/mol. The van der Waals surface area contributed by atoms with E-state index in [9.17, 15) is 4.79 Å². The first-order valence-corrected chi connectivity index (χ1v) is 7.15. The Bertz CT molecular complexity index is 799. The molecule has 1 N–H and O–H groups in total. The molecule has 1 aromatic carbocycles. The smallest absolute Gasteiger partial charge is 0.254 e. The molecule has 0 aliphatic rings. The molecule has 0 radical (unpaired) electrons. The number of carbonyl (C=O) groups excluding carboxylic acids is 1. The van der Waals surface area contributed by atoms with E-state index in [-0.39, 0.29) is 5.91 Å². The van der Waals surface area contributed by atoms with Crippen LogP contribution in [0.2, 0.25) is 0 Å². The van der Waals surface area contributed by atoms with Crippen LogP contribution in [0.25, 0.3) is 0 Å². The maximum Gasteiger partial charge on any atom is 0.254 e. The molecule has 0 fully saturated rings. The lowest BCUT2D eigenvalue weighted by Gasteiger charge is -2.07. The van der Waals surface area contributed by atoms with Gasteiger partial charge in [-0.15, -0.1) is 0 Å². The molecule has 23 heavy (non-hydrogen) atoms. The van der Waals surface area contributed by atoms with Crippen molar-refractivity contribution in [2.24, 2.45) is 7.05 Å². The number of rotatable bonds is 5. The quantitative estimate of drug-likeness (QED) is 0.786. The Morgan fingerprint density at radius 3 is 2.83 bits per heavy atom. The molecule has 2 heterocycles. The average molecular weight is 308 g/mol. The Kier molecular flexibility index (Phi) is 4.33. The number of benzene rings is 1. The molecule has 0 atom stereocenters. The number of pyridine rings is 1. The number of aryl methyl sites for hydroxylation is 1. The van der Waals surface area contributed by atoms with Crippen molar-refractivity contribution in [3.63, 3.8) is 0 Å². The van der Waals surface area contributed by atoms with Crippen molar-refractivity contribution < 1.29 is 9.53 Å². The van der Waals surface area contributed by atoms with Crippen molar-refractivity contribution in [3.8, 4) is 11.6 Å². The second-order valence-corrected chi connectivity index (χ2v) is 5.00. The Labute approximate surface area is 133 Å². The highest BCUT2D eigenvalue weighted by molar-refractivity contribution is 5.93. The summed E-state index contributed by atoms with van der Waals surface area (Å²) in [5.74, 6) is 1.04. The zero-order valence-corrected chi connectivity index (χ0v) is 12.6. The molecule has 0 aliphatic heterocycles. The van der Waals surface area contributed by atoms with Crippen LogP contribution in [0.5, 0.6) is 11.6 Å². The van der Waals surface area contributed by atoms with E-state index in [2.05, 4.69) is 15.4 Å². The molecule has 0 bridgehead atoms. The lowest BCUT2D eigenvalue weighted by atomic mass is 10.2. The Morgan fingerprint density at radius 2 is 2.09 bits per heavy atom. The van der Waals surface area contributed by atoms with Gasteiger partial charge in [0.2, 0.25) is 5.88 Å². The van der Waals surface area contributed by atoms with Crippen molar-refractivity contribution in [1.82, 2.24) is 20.1 Å². The average Bonchev–Trinajstić information content (AvgIpc) is 3.01. The molecule has 2 aromatic heterocycles. The van der Waals surface area contributed by atoms with Crippen molar-refractivity contribution in [2.45, 2.75) is 6.54 Å². The summed E-state index contributed by atoms with van der Waals surface area (Å²) in [4.78, 5) is 16.2. The standard InChI is InChI=1S/C17H16N4O2/c1-21-12-14(11-20-21)17(22)19-10-13-7-8-18-16(9-13)23-15-5-3-2-4-6-15/h2-9,11-12H,10H2,1H3,(H,19,22). The zero-order chi connectivity index (χ0) is 16.1. The van der Waals surface area contributed by atoms with E-state index in [1.165, 1.54) is 6.20 Å². The maximum atomic E-state index is 12.0. The number of hydrogen-bond acceptors (Lipinski definition) is 4. The van der Waals surface area contributed by atoms with Gasteiger partial charge >= 0.3 is 0 Å². The molecule has 0 aliphatic carbocycles.